The fourth-order valence-electron chi connectivity index (χ4n) is 2.38. The van der Waals surface area contributed by atoms with E-state index >= 15 is 0 Å². The van der Waals surface area contributed by atoms with E-state index in [1.54, 1.807) is 17.9 Å². The van der Waals surface area contributed by atoms with E-state index in [1.165, 1.54) is 12.1 Å². The number of nitrogens with zero attached hydrogens (tertiary/aromatic N) is 1. The van der Waals surface area contributed by atoms with Crippen LogP contribution in [-0.2, 0) is 9.59 Å². The molecule has 0 aromatic heterocycles. The number of carbonyl (C=O) groups is 3. The molecule has 0 aliphatic rings. The molecule has 0 radical (unpaired) electrons. The average Bonchev–Trinajstić information content (AvgIpc) is 2.54. The molecular weight excluding hydrogens is 308 g/mol. The first-order valence-electron chi connectivity index (χ1n) is 8.30. The van der Waals surface area contributed by atoms with E-state index in [9.17, 15) is 14.4 Å². The molecular formula is C18H26N2O4. The van der Waals surface area contributed by atoms with E-state index in [4.69, 9.17) is 5.11 Å². The van der Waals surface area contributed by atoms with Crippen LogP contribution in [0.15, 0.2) is 18.2 Å². The lowest BCUT2D eigenvalue weighted by molar-refractivity contribution is -0.132. The van der Waals surface area contributed by atoms with Crippen LogP contribution in [0.5, 0.6) is 0 Å². The van der Waals surface area contributed by atoms with Gasteiger partial charge in [-0.25, -0.2) is 4.79 Å². The SMILES string of the molecule is CCCN(CCC)C(=O)CCC(=O)Nc1cc(C(=O)O)ccc1C. The van der Waals surface area contributed by atoms with Crippen LogP contribution in [0.25, 0.3) is 0 Å². The number of rotatable bonds is 9. The van der Waals surface area contributed by atoms with Crippen molar-refractivity contribution in [2.24, 2.45) is 0 Å². The highest BCUT2D eigenvalue weighted by Crippen LogP contribution is 2.17. The van der Waals surface area contributed by atoms with Gasteiger partial charge in [0.25, 0.3) is 0 Å². The Hall–Kier alpha value is -2.37. The summed E-state index contributed by atoms with van der Waals surface area (Å²) in [4.78, 5) is 37.0. The van der Waals surface area contributed by atoms with Gasteiger partial charge in [0.05, 0.1) is 5.56 Å². The third kappa shape index (κ3) is 6.02. The first-order valence-corrected chi connectivity index (χ1v) is 8.30. The third-order valence-electron chi connectivity index (χ3n) is 3.66. The van der Waals surface area contributed by atoms with Crippen molar-refractivity contribution >= 4 is 23.5 Å². The van der Waals surface area contributed by atoms with Crippen LogP contribution in [0.4, 0.5) is 5.69 Å². The van der Waals surface area contributed by atoms with Gasteiger partial charge in [-0.3, -0.25) is 9.59 Å². The molecule has 0 bridgehead atoms. The molecule has 6 nitrogen and oxygen atoms in total. The maximum absolute atomic E-state index is 12.2. The Morgan fingerprint density at radius 3 is 2.25 bits per heavy atom. The molecule has 1 rings (SSSR count). The second-order valence-electron chi connectivity index (χ2n) is 5.76. The van der Waals surface area contributed by atoms with E-state index in [0.29, 0.717) is 18.8 Å². The summed E-state index contributed by atoms with van der Waals surface area (Å²) in [6.07, 6.45) is 2.02. The van der Waals surface area contributed by atoms with Gasteiger partial charge in [-0.15, -0.1) is 0 Å². The van der Waals surface area contributed by atoms with Crippen molar-refractivity contribution < 1.29 is 19.5 Å². The van der Waals surface area contributed by atoms with Gasteiger partial charge in [-0.2, -0.15) is 0 Å². The first-order chi connectivity index (χ1) is 11.4. The van der Waals surface area contributed by atoms with Gasteiger partial charge in [0.1, 0.15) is 0 Å². The van der Waals surface area contributed by atoms with Gasteiger partial charge in [0, 0.05) is 31.6 Å². The van der Waals surface area contributed by atoms with Crippen LogP contribution in [0.3, 0.4) is 0 Å². The van der Waals surface area contributed by atoms with E-state index in [-0.39, 0.29) is 30.2 Å². The number of aromatic carboxylic acids is 1. The molecule has 2 amide bonds. The minimum Gasteiger partial charge on any atom is -0.478 e. The van der Waals surface area contributed by atoms with Gasteiger partial charge in [0.15, 0.2) is 0 Å². The van der Waals surface area contributed by atoms with Crippen LogP contribution in [0, 0.1) is 6.92 Å². The zero-order valence-corrected chi connectivity index (χ0v) is 14.6. The second kappa shape index (κ2) is 9.70. The van der Waals surface area contributed by atoms with Crippen molar-refractivity contribution in [3.63, 3.8) is 0 Å². The number of carboxylic acids is 1. The van der Waals surface area contributed by atoms with Crippen molar-refractivity contribution in [1.29, 1.82) is 0 Å². The Kier molecular flexibility index (Phi) is 7.95. The number of nitrogens with one attached hydrogen (secondary N) is 1. The molecule has 0 heterocycles. The molecule has 0 atom stereocenters. The van der Waals surface area contributed by atoms with Crippen molar-refractivity contribution in [3.8, 4) is 0 Å². The molecule has 132 valence electrons. The topological polar surface area (TPSA) is 86.7 Å². The normalized spacial score (nSPS) is 10.3. The van der Waals surface area contributed by atoms with Crippen molar-refractivity contribution in [3.05, 3.63) is 29.3 Å². The van der Waals surface area contributed by atoms with Gasteiger partial charge >= 0.3 is 5.97 Å². The molecule has 1 aromatic carbocycles. The Morgan fingerprint density at radius 2 is 1.71 bits per heavy atom. The minimum absolute atomic E-state index is 0.0233. The minimum atomic E-state index is -1.05. The van der Waals surface area contributed by atoms with Crippen molar-refractivity contribution in [1.82, 2.24) is 4.90 Å². The summed E-state index contributed by atoms with van der Waals surface area (Å²) in [6.45, 7) is 7.22. The molecule has 6 heteroatoms. The Balaban J connectivity index is 2.62. The third-order valence-corrected chi connectivity index (χ3v) is 3.66. The molecule has 0 spiro atoms. The summed E-state index contributed by atoms with van der Waals surface area (Å²) in [7, 11) is 0. The summed E-state index contributed by atoms with van der Waals surface area (Å²) >= 11 is 0. The molecule has 0 aliphatic carbocycles. The standard InChI is InChI=1S/C18H26N2O4/c1-4-10-20(11-5-2)17(22)9-8-16(21)19-15-12-14(18(23)24)7-6-13(15)3/h6-7,12H,4-5,8-11H2,1-3H3,(H,19,21)(H,23,24). The Bertz CT molecular complexity index is 593. The quantitative estimate of drug-likeness (QED) is 0.726. The largest absolute Gasteiger partial charge is 0.478 e. The van der Waals surface area contributed by atoms with Crippen LogP contribution in [0.1, 0.15) is 55.5 Å². The predicted octanol–water partition coefficient (Wildman–Crippen LogP) is 3.06. The fraction of sp³-hybridized carbons (Fsp3) is 0.500. The lowest BCUT2D eigenvalue weighted by atomic mass is 10.1. The number of carbonyl (C=O) groups excluding carboxylic acids is 2. The summed E-state index contributed by atoms with van der Waals surface area (Å²) in [6, 6.07) is 4.57. The lowest BCUT2D eigenvalue weighted by Crippen LogP contribution is -2.33. The highest BCUT2D eigenvalue weighted by Gasteiger charge is 2.14. The van der Waals surface area contributed by atoms with Gasteiger partial charge < -0.3 is 15.3 Å². The zero-order valence-electron chi connectivity index (χ0n) is 14.6. The maximum Gasteiger partial charge on any atom is 0.335 e. The van der Waals surface area contributed by atoms with Crippen molar-refractivity contribution in [2.45, 2.75) is 46.5 Å². The maximum atomic E-state index is 12.2. The number of anilines is 1. The second-order valence-corrected chi connectivity index (χ2v) is 5.76. The molecule has 0 fully saturated rings. The zero-order chi connectivity index (χ0) is 18.1. The smallest absolute Gasteiger partial charge is 0.335 e. The van der Waals surface area contributed by atoms with E-state index < -0.39 is 5.97 Å². The lowest BCUT2D eigenvalue weighted by Gasteiger charge is -2.21. The number of carboxylic acid groups (broad SMARTS) is 1. The molecule has 24 heavy (non-hydrogen) atoms. The van der Waals surface area contributed by atoms with Crippen LogP contribution in [-0.4, -0.2) is 40.9 Å². The highest BCUT2D eigenvalue weighted by atomic mass is 16.4. The van der Waals surface area contributed by atoms with Crippen LogP contribution < -0.4 is 5.32 Å². The summed E-state index contributed by atoms with van der Waals surface area (Å²) in [5.41, 5.74) is 1.36. The number of hydrogen-bond acceptors (Lipinski definition) is 3. The number of benzene rings is 1. The van der Waals surface area contributed by atoms with Crippen LogP contribution >= 0.6 is 0 Å². The summed E-state index contributed by atoms with van der Waals surface area (Å²) in [5.74, 6) is -1.36. The van der Waals surface area contributed by atoms with Gasteiger partial charge in [0.2, 0.25) is 11.8 Å². The van der Waals surface area contributed by atoms with Gasteiger partial charge in [-0.05, 0) is 37.5 Å². The average molecular weight is 334 g/mol. The van der Waals surface area contributed by atoms with E-state index in [2.05, 4.69) is 5.32 Å². The summed E-state index contributed by atoms with van der Waals surface area (Å²) in [5, 5.41) is 11.7. The number of aryl methyl sites for hydroxylation is 1. The Labute approximate surface area is 142 Å². The summed E-state index contributed by atoms with van der Waals surface area (Å²) < 4.78 is 0. The van der Waals surface area contributed by atoms with Gasteiger partial charge in [-0.1, -0.05) is 19.9 Å². The fourth-order valence-corrected chi connectivity index (χ4v) is 2.38. The molecule has 0 saturated carbocycles. The molecule has 0 aliphatic heterocycles. The first kappa shape index (κ1) is 19.7. The number of amides is 2. The highest BCUT2D eigenvalue weighted by molar-refractivity contribution is 5.96. The van der Waals surface area contributed by atoms with Crippen LogP contribution in [0.2, 0.25) is 0 Å². The molecule has 0 unspecified atom stereocenters. The number of hydrogen-bond donors (Lipinski definition) is 2. The molecule has 2 N–H and O–H groups in total. The monoisotopic (exact) mass is 334 g/mol. The van der Waals surface area contributed by atoms with E-state index in [0.717, 1.165) is 18.4 Å². The molecule has 1 aromatic rings. The Morgan fingerprint density at radius 1 is 1.08 bits per heavy atom. The predicted molar refractivity (Wildman–Crippen MR) is 93.2 cm³/mol. The van der Waals surface area contributed by atoms with Crippen molar-refractivity contribution in [2.75, 3.05) is 18.4 Å². The van der Waals surface area contributed by atoms with E-state index in [1.807, 2.05) is 13.8 Å². The molecule has 0 saturated heterocycles.